The zero-order valence-corrected chi connectivity index (χ0v) is 16.4. The fourth-order valence-electron chi connectivity index (χ4n) is 3.95. The lowest BCUT2D eigenvalue weighted by Gasteiger charge is -2.07. The maximum absolute atomic E-state index is 13.3. The molecule has 0 N–H and O–H groups in total. The minimum absolute atomic E-state index is 0.0923. The van der Waals surface area contributed by atoms with Gasteiger partial charge in [0, 0.05) is 51.9 Å². The molecule has 0 bridgehead atoms. The van der Waals surface area contributed by atoms with Gasteiger partial charge in [-0.15, -0.1) is 22.7 Å². The van der Waals surface area contributed by atoms with E-state index >= 15 is 0 Å². The number of hydrogen-bond donors (Lipinski definition) is 0. The van der Waals surface area contributed by atoms with Crippen LogP contribution in [0.15, 0.2) is 70.5 Å². The highest BCUT2D eigenvalue weighted by Crippen LogP contribution is 2.50. The smallest absolute Gasteiger partial charge is 0.260 e. The van der Waals surface area contributed by atoms with Gasteiger partial charge in [0.1, 0.15) is 0 Å². The topological polar surface area (TPSA) is 47.8 Å². The summed E-state index contributed by atoms with van der Waals surface area (Å²) >= 11 is 3.33. The second-order valence-electron chi connectivity index (χ2n) is 7.10. The molecule has 1 aliphatic carbocycles. The van der Waals surface area contributed by atoms with Gasteiger partial charge < -0.3 is 4.57 Å². The Bertz CT molecular complexity index is 1380. The molecule has 1 aliphatic rings. The normalized spacial score (nSPS) is 18.7. The zero-order chi connectivity index (χ0) is 18.7. The Balaban J connectivity index is 1.42. The van der Waals surface area contributed by atoms with E-state index in [1.807, 2.05) is 22.9 Å². The Morgan fingerprint density at radius 2 is 1.89 bits per heavy atom. The molecular weight excluding hydrogens is 386 g/mol. The summed E-state index contributed by atoms with van der Waals surface area (Å²) in [6.45, 7) is 0. The predicted octanol–water partition coefficient (Wildman–Crippen LogP) is 5.46. The Morgan fingerprint density at radius 3 is 2.79 bits per heavy atom. The first-order valence-corrected chi connectivity index (χ1v) is 10.9. The van der Waals surface area contributed by atoms with Gasteiger partial charge in [-0.3, -0.25) is 14.8 Å². The largest absolute Gasteiger partial charge is 0.311 e. The predicted molar refractivity (Wildman–Crippen MR) is 115 cm³/mol. The minimum atomic E-state index is 0.0923. The van der Waals surface area contributed by atoms with Crippen LogP contribution in [-0.4, -0.2) is 14.5 Å². The van der Waals surface area contributed by atoms with Crippen LogP contribution >= 0.6 is 22.7 Å². The van der Waals surface area contributed by atoms with Gasteiger partial charge in [-0.25, -0.2) is 0 Å². The second kappa shape index (κ2) is 6.09. The first kappa shape index (κ1) is 16.2. The summed E-state index contributed by atoms with van der Waals surface area (Å²) in [6, 6.07) is 12.5. The van der Waals surface area contributed by atoms with Crippen molar-refractivity contribution in [3.63, 3.8) is 0 Å². The first-order chi connectivity index (χ1) is 13.8. The van der Waals surface area contributed by atoms with Gasteiger partial charge in [0.2, 0.25) is 0 Å². The first-order valence-electron chi connectivity index (χ1n) is 9.16. The van der Waals surface area contributed by atoms with Crippen molar-refractivity contribution in [1.82, 2.24) is 14.5 Å². The van der Waals surface area contributed by atoms with Crippen molar-refractivity contribution < 1.29 is 0 Å². The Labute approximate surface area is 168 Å². The maximum Gasteiger partial charge on any atom is 0.260 e. The average molecular weight is 402 g/mol. The molecule has 0 aromatic carbocycles. The number of rotatable bonds is 3. The number of thiophene rings is 2. The van der Waals surface area contributed by atoms with Crippen LogP contribution in [0, 0.1) is 0 Å². The molecule has 28 heavy (non-hydrogen) atoms. The van der Waals surface area contributed by atoms with Crippen molar-refractivity contribution >= 4 is 43.0 Å². The Kier molecular flexibility index (Phi) is 3.51. The van der Waals surface area contributed by atoms with Crippen molar-refractivity contribution in [2.24, 2.45) is 0 Å². The third kappa shape index (κ3) is 2.45. The molecule has 136 valence electrons. The summed E-state index contributed by atoms with van der Waals surface area (Å²) in [6.07, 6.45) is 6.45. The van der Waals surface area contributed by atoms with Gasteiger partial charge in [-0.2, -0.15) is 0 Å². The maximum atomic E-state index is 13.3. The fraction of sp³-hybridized carbons (Fsp3) is 0.136. The van der Waals surface area contributed by atoms with Crippen molar-refractivity contribution in [2.45, 2.75) is 18.4 Å². The van der Waals surface area contributed by atoms with Crippen molar-refractivity contribution in [3.8, 4) is 11.1 Å². The molecule has 4 nitrogen and oxygen atoms in total. The fourth-order valence-corrected chi connectivity index (χ4v) is 5.63. The average Bonchev–Trinajstić information content (AvgIpc) is 3.17. The number of fused-ring (bicyclic) bond motifs is 2. The standard InChI is InChI=1S/C22H15N3OS2/c26-22-21-15(13-3-7-23-8-4-13)12-28-20(21)5-9-25(22)18-11-14(18)16-1-2-19-17(24-16)6-10-27-19/h1-10,12,14,18H,11H2/t14-,18+/m0/s1. The molecule has 0 saturated heterocycles. The highest BCUT2D eigenvalue weighted by Gasteiger charge is 2.41. The summed E-state index contributed by atoms with van der Waals surface area (Å²) in [5, 5.41) is 4.95. The molecule has 5 heterocycles. The van der Waals surface area contributed by atoms with Crippen LogP contribution in [0.4, 0.5) is 0 Å². The molecule has 1 saturated carbocycles. The third-order valence-corrected chi connectivity index (χ3v) is 7.29. The molecule has 5 aromatic heterocycles. The molecule has 2 atom stereocenters. The highest BCUT2D eigenvalue weighted by atomic mass is 32.1. The molecule has 6 heteroatoms. The van der Waals surface area contributed by atoms with Gasteiger partial charge in [0.15, 0.2) is 0 Å². The molecule has 5 aromatic rings. The van der Waals surface area contributed by atoms with E-state index in [-0.39, 0.29) is 11.6 Å². The van der Waals surface area contributed by atoms with Crippen LogP contribution in [0.2, 0.25) is 0 Å². The van der Waals surface area contributed by atoms with Crippen LogP contribution in [0.25, 0.3) is 31.4 Å². The van der Waals surface area contributed by atoms with E-state index in [9.17, 15) is 4.79 Å². The Hall–Kier alpha value is -2.83. The van der Waals surface area contributed by atoms with E-state index in [0.29, 0.717) is 5.92 Å². The summed E-state index contributed by atoms with van der Waals surface area (Å²) < 4.78 is 4.15. The van der Waals surface area contributed by atoms with Gasteiger partial charge >= 0.3 is 0 Å². The number of pyridine rings is 3. The van der Waals surface area contributed by atoms with Gasteiger partial charge in [-0.05, 0) is 53.8 Å². The van der Waals surface area contributed by atoms with Gasteiger partial charge in [0.05, 0.1) is 15.6 Å². The number of aromatic nitrogens is 3. The lowest BCUT2D eigenvalue weighted by molar-refractivity contribution is 0.689. The van der Waals surface area contributed by atoms with Crippen molar-refractivity contribution in [1.29, 1.82) is 0 Å². The third-order valence-electron chi connectivity index (χ3n) is 5.47. The molecule has 0 amide bonds. The summed E-state index contributed by atoms with van der Waals surface area (Å²) in [7, 11) is 0. The van der Waals surface area contributed by atoms with Crippen LogP contribution in [0.5, 0.6) is 0 Å². The van der Waals surface area contributed by atoms with Crippen LogP contribution in [-0.2, 0) is 0 Å². The molecule has 0 radical (unpaired) electrons. The molecule has 0 spiro atoms. The van der Waals surface area contributed by atoms with Crippen LogP contribution < -0.4 is 5.56 Å². The van der Waals surface area contributed by atoms with Crippen LogP contribution in [0.1, 0.15) is 24.1 Å². The van der Waals surface area contributed by atoms with E-state index in [2.05, 4.69) is 40.0 Å². The Morgan fingerprint density at radius 1 is 1.00 bits per heavy atom. The SMILES string of the molecule is O=c1c2c(-c3ccncc3)csc2ccn1[C@@H]1C[C@H]1c1ccc2sccc2n1. The quantitative estimate of drug-likeness (QED) is 0.403. The lowest BCUT2D eigenvalue weighted by atomic mass is 10.1. The van der Waals surface area contributed by atoms with E-state index in [4.69, 9.17) is 4.98 Å². The number of nitrogens with zero attached hydrogens (tertiary/aromatic N) is 3. The molecule has 6 rings (SSSR count). The van der Waals surface area contributed by atoms with Crippen molar-refractivity contribution in [3.05, 3.63) is 81.8 Å². The summed E-state index contributed by atoms with van der Waals surface area (Å²) in [5.41, 5.74) is 4.26. The second-order valence-corrected chi connectivity index (χ2v) is 8.96. The van der Waals surface area contributed by atoms with Gasteiger partial charge in [-0.1, -0.05) is 0 Å². The molecular formula is C22H15N3OS2. The van der Waals surface area contributed by atoms with E-state index in [0.717, 1.165) is 38.8 Å². The number of hydrogen-bond acceptors (Lipinski definition) is 5. The van der Waals surface area contributed by atoms with Crippen LogP contribution in [0.3, 0.4) is 0 Å². The van der Waals surface area contributed by atoms with Crippen molar-refractivity contribution in [2.75, 3.05) is 0 Å². The monoisotopic (exact) mass is 401 g/mol. The van der Waals surface area contributed by atoms with E-state index in [1.165, 1.54) is 4.70 Å². The molecule has 1 fully saturated rings. The highest BCUT2D eigenvalue weighted by molar-refractivity contribution is 7.17. The summed E-state index contributed by atoms with van der Waals surface area (Å²) in [5.74, 6) is 0.308. The van der Waals surface area contributed by atoms with Gasteiger partial charge in [0.25, 0.3) is 5.56 Å². The molecule has 0 unspecified atom stereocenters. The lowest BCUT2D eigenvalue weighted by Crippen LogP contribution is -2.18. The van der Waals surface area contributed by atoms with E-state index in [1.54, 1.807) is 35.1 Å². The zero-order valence-electron chi connectivity index (χ0n) is 14.8. The summed E-state index contributed by atoms with van der Waals surface area (Å²) in [4.78, 5) is 22.2. The van der Waals surface area contributed by atoms with E-state index < -0.39 is 0 Å². The molecule has 0 aliphatic heterocycles. The minimum Gasteiger partial charge on any atom is -0.311 e.